The Hall–Kier alpha value is -2.69. The van der Waals surface area contributed by atoms with Crippen LogP contribution < -0.4 is 5.32 Å². The molecule has 0 aliphatic heterocycles. The van der Waals surface area contributed by atoms with Crippen molar-refractivity contribution in [2.45, 2.75) is 13.8 Å². The predicted molar refractivity (Wildman–Crippen MR) is 84.0 cm³/mol. The van der Waals surface area contributed by atoms with Gasteiger partial charge in [-0.1, -0.05) is 35.0 Å². The van der Waals surface area contributed by atoms with Crippen molar-refractivity contribution >= 4 is 22.6 Å². The molecule has 5 nitrogen and oxygen atoms in total. The van der Waals surface area contributed by atoms with E-state index in [-0.39, 0.29) is 5.91 Å². The minimum Gasteiger partial charge on any atom is -0.326 e. The van der Waals surface area contributed by atoms with Gasteiger partial charge in [0.25, 0.3) is 0 Å². The molecule has 108 valence electrons. The van der Waals surface area contributed by atoms with Gasteiger partial charge in [0.15, 0.2) is 0 Å². The van der Waals surface area contributed by atoms with E-state index >= 15 is 0 Å². The molecule has 0 saturated heterocycles. The van der Waals surface area contributed by atoms with Crippen molar-refractivity contribution in [3.05, 3.63) is 54.1 Å². The number of rotatable bonds is 1. The number of para-hydroxylation sites is 1. The normalized spacial score (nSPS) is 9.86. The van der Waals surface area contributed by atoms with Crippen molar-refractivity contribution < 1.29 is 4.79 Å². The second-order valence-electron chi connectivity index (χ2n) is 4.75. The third-order valence-corrected chi connectivity index (χ3v) is 2.89. The Morgan fingerprint density at radius 2 is 1.76 bits per heavy atom. The number of benzene rings is 2. The molecule has 0 aliphatic rings. The van der Waals surface area contributed by atoms with Crippen LogP contribution in [0, 0.1) is 6.92 Å². The molecule has 2 aromatic carbocycles. The molecule has 0 spiro atoms. The Labute approximate surface area is 123 Å². The fraction of sp³-hybridized carbons (Fsp3) is 0.188. The third kappa shape index (κ3) is 4.14. The summed E-state index contributed by atoms with van der Waals surface area (Å²) in [5.74, 6) is -0.0335. The minimum absolute atomic E-state index is 0.0335. The Kier molecular flexibility index (Phi) is 4.66. The summed E-state index contributed by atoms with van der Waals surface area (Å²) in [6.45, 7) is 3.51. The first-order chi connectivity index (χ1) is 10.1. The van der Waals surface area contributed by atoms with Gasteiger partial charge in [-0.2, -0.15) is 0 Å². The van der Waals surface area contributed by atoms with Crippen LogP contribution in [-0.2, 0) is 11.8 Å². The van der Waals surface area contributed by atoms with Crippen LogP contribution in [0.1, 0.15) is 12.5 Å². The number of anilines is 1. The number of carbonyl (C=O) groups is 1. The molecule has 1 N–H and O–H groups in total. The van der Waals surface area contributed by atoms with Crippen molar-refractivity contribution in [2.24, 2.45) is 7.05 Å². The maximum atomic E-state index is 10.6. The predicted octanol–water partition coefficient (Wildman–Crippen LogP) is 2.92. The topological polar surface area (TPSA) is 59.8 Å². The standard InChI is InChI=1S/C9H11NO.C7H7N3/c1-7-3-5-9(6-4-7)10-8(2)11;1-10-7-5-3-2-4-6(7)8-9-10/h3-6H,1-2H3,(H,10,11);2-5H,1H3. The fourth-order valence-corrected chi connectivity index (χ4v) is 1.83. The Balaban J connectivity index is 0.000000154. The van der Waals surface area contributed by atoms with E-state index in [0.717, 1.165) is 16.7 Å². The van der Waals surface area contributed by atoms with E-state index in [1.807, 2.05) is 62.5 Å². The van der Waals surface area contributed by atoms with Crippen molar-refractivity contribution in [1.82, 2.24) is 15.0 Å². The summed E-state index contributed by atoms with van der Waals surface area (Å²) in [5, 5.41) is 10.5. The maximum Gasteiger partial charge on any atom is 0.221 e. The molecule has 1 heterocycles. The molecule has 1 aromatic heterocycles. The SMILES string of the molecule is CC(=O)Nc1ccc(C)cc1.Cn1nnc2ccccc21. The minimum atomic E-state index is -0.0335. The first-order valence-corrected chi connectivity index (χ1v) is 6.65. The highest BCUT2D eigenvalue weighted by molar-refractivity contribution is 5.88. The highest BCUT2D eigenvalue weighted by atomic mass is 16.1. The molecule has 0 aliphatic carbocycles. The lowest BCUT2D eigenvalue weighted by atomic mass is 10.2. The lowest BCUT2D eigenvalue weighted by molar-refractivity contribution is -0.114. The zero-order valence-corrected chi connectivity index (χ0v) is 12.4. The van der Waals surface area contributed by atoms with Crippen molar-refractivity contribution in [2.75, 3.05) is 5.32 Å². The van der Waals surface area contributed by atoms with Crippen LogP contribution in [-0.4, -0.2) is 20.9 Å². The van der Waals surface area contributed by atoms with Gasteiger partial charge in [-0.05, 0) is 31.2 Å². The highest BCUT2D eigenvalue weighted by Gasteiger charge is 1.96. The van der Waals surface area contributed by atoms with Gasteiger partial charge in [0.05, 0.1) is 5.52 Å². The van der Waals surface area contributed by atoms with Crippen molar-refractivity contribution in [1.29, 1.82) is 0 Å². The molecule has 0 radical (unpaired) electrons. The zero-order chi connectivity index (χ0) is 15.2. The largest absolute Gasteiger partial charge is 0.326 e. The molecule has 0 atom stereocenters. The average Bonchev–Trinajstić information content (AvgIpc) is 2.84. The summed E-state index contributed by atoms with van der Waals surface area (Å²) in [4.78, 5) is 10.6. The smallest absolute Gasteiger partial charge is 0.221 e. The maximum absolute atomic E-state index is 10.6. The quantitative estimate of drug-likeness (QED) is 0.746. The summed E-state index contributed by atoms with van der Waals surface area (Å²) in [6, 6.07) is 15.6. The number of aromatic nitrogens is 3. The number of hydrogen-bond donors (Lipinski definition) is 1. The molecule has 3 aromatic rings. The van der Waals surface area contributed by atoms with E-state index in [9.17, 15) is 4.79 Å². The number of carbonyl (C=O) groups excluding carboxylic acids is 1. The van der Waals surface area contributed by atoms with Gasteiger partial charge < -0.3 is 5.32 Å². The van der Waals surface area contributed by atoms with E-state index in [1.165, 1.54) is 12.5 Å². The zero-order valence-electron chi connectivity index (χ0n) is 12.4. The Morgan fingerprint density at radius 1 is 1.10 bits per heavy atom. The summed E-state index contributed by atoms with van der Waals surface area (Å²) in [7, 11) is 1.88. The van der Waals surface area contributed by atoms with Crippen molar-refractivity contribution in [3.8, 4) is 0 Å². The number of hydrogen-bond acceptors (Lipinski definition) is 3. The summed E-state index contributed by atoms with van der Waals surface area (Å²) >= 11 is 0. The summed E-state index contributed by atoms with van der Waals surface area (Å²) in [5.41, 5.74) is 4.06. The molecule has 21 heavy (non-hydrogen) atoms. The fourth-order valence-electron chi connectivity index (χ4n) is 1.83. The third-order valence-electron chi connectivity index (χ3n) is 2.89. The van der Waals surface area contributed by atoms with E-state index < -0.39 is 0 Å². The van der Waals surface area contributed by atoms with Crippen LogP contribution in [0.4, 0.5) is 5.69 Å². The Morgan fingerprint density at radius 3 is 2.38 bits per heavy atom. The van der Waals surface area contributed by atoms with Crippen molar-refractivity contribution in [3.63, 3.8) is 0 Å². The van der Waals surface area contributed by atoms with Crippen LogP contribution in [0.3, 0.4) is 0 Å². The highest BCUT2D eigenvalue weighted by Crippen LogP contribution is 2.08. The van der Waals surface area contributed by atoms with Crippen LogP contribution in [0.25, 0.3) is 11.0 Å². The first-order valence-electron chi connectivity index (χ1n) is 6.65. The number of nitrogens with one attached hydrogen (secondary N) is 1. The Bertz CT molecular complexity index is 731. The monoisotopic (exact) mass is 282 g/mol. The molecule has 0 fully saturated rings. The van der Waals surface area contributed by atoms with Crippen LogP contribution in [0.5, 0.6) is 0 Å². The first kappa shape index (κ1) is 14.7. The second kappa shape index (κ2) is 6.65. The number of fused-ring (bicyclic) bond motifs is 1. The molecule has 0 unspecified atom stereocenters. The molecule has 3 rings (SSSR count). The lowest BCUT2D eigenvalue weighted by Crippen LogP contribution is -2.05. The molecular formula is C16H18N4O. The van der Waals surface area contributed by atoms with E-state index in [2.05, 4.69) is 15.6 Å². The molecule has 0 saturated carbocycles. The number of amides is 1. The van der Waals surface area contributed by atoms with Crippen LogP contribution in [0.15, 0.2) is 48.5 Å². The van der Waals surface area contributed by atoms with E-state index in [0.29, 0.717) is 0 Å². The van der Waals surface area contributed by atoms with Crippen LogP contribution in [0.2, 0.25) is 0 Å². The number of nitrogens with zero attached hydrogens (tertiary/aromatic N) is 3. The van der Waals surface area contributed by atoms with Gasteiger partial charge in [-0.25, -0.2) is 4.68 Å². The lowest BCUT2D eigenvalue weighted by Gasteiger charge is -2.00. The van der Waals surface area contributed by atoms with Crippen LogP contribution >= 0.6 is 0 Å². The van der Waals surface area contributed by atoms with Gasteiger partial charge in [0.1, 0.15) is 5.52 Å². The van der Waals surface area contributed by atoms with Gasteiger partial charge in [0, 0.05) is 19.7 Å². The van der Waals surface area contributed by atoms with E-state index in [1.54, 1.807) is 4.68 Å². The summed E-state index contributed by atoms with van der Waals surface area (Å²) < 4.78 is 1.76. The second-order valence-corrected chi connectivity index (χ2v) is 4.75. The summed E-state index contributed by atoms with van der Waals surface area (Å²) in [6.07, 6.45) is 0. The van der Waals surface area contributed by atoms with Gasteiger partial charge in [0.2, 0.25) is 5.91 Å². The van der Waals surface area contributed by atoms with Gasteiger partial charge >= 0.3 is 0 Å². The molecule has 0 bridgehead atoms. The van der Waals surface area contributed by atoms with E-state index in [4.69, 9.17) is 0 Å². The van der Waals surface area contributed by atoms with Gasteiger partial charge in [-0.3, -0.25) is 4.79 Å². The molecular weight excluding hydrogens is 264 g/mol. The number of aryl methyl sites for hydroxylation is 2. The molecule has 1 amide bonds. The average molecular weight is 282 g/mol. The van der Waals surface area contributed by atoms with Gasteiger partial charge in [-0.15, -0.1) is 5.10 Å². The molecule has 5 heteroatoms.